The molecule has 0 spiro atoms. The summed E-state index contributed by atoms with van der Waals surface area (Å²) in [4.78, 5) is 4.45. The molecule has 2 aromatic rings. The molecule has 10 heteroatoms. The molecule has 0 saturated carbocycles. The number of nitrogens with zero attached hydrogens (tertiary/aromatic N) is 2. The molecule has 2 rings (SSSR count). The van der Waals surface area contributed by atoms with Crippen LogP contribution in [0.4, 0.5) is 13.2 Å². The molecule has 0 aliphatic heterocycles. The van der Waals surface area contributed by atoms with Crippen LogP contribution >= 0.6 is 11.3 Å². The molecule has 0 radical (unpaired) electrons. The maximum absolute atomic E-state index is 12.8. The first-order valence-electron chi connectivity index (χ1n) is 7.20. The zero-order chi connectivity index (χ0) is 19.0. The lowest BCUT2D eigenvalue weighted by molar-refractivity contribution is -0.275. The number of rotatable bonds is 5. The predicted molar refractivity (Wildman–Crippen MR) is 88.1 cm³/mol. The SMILES string of the molecule is Cc1nc(C)c(C(C)N(C)S(=O)(=O)c2ccccc2OC(F)(F)F)s1. The van der Waals surface area contributed by atoms with Crippen molar-refractivity contribution in [3.05, 3.63) is 39.8 Å². The van der Waals surface area contributed by atoms with Crippen LogP contribution in [-0.2, 0) is 10.0 Å². The van der Waals surface area contributed by atoms with Crippen molar-refractivity contribution in [2.75, 3.05) is 7.05 Å². The van der Waals surface area contributed by atoms with Crippen molar-refractivity contribution in [1.82, 2.24) is 9.29 Å². The van der Waals surface area contributed by atoms with Crippen LogP contribution in [0.15, 0.2) is 29.2 Å². The van der Waals surface area contributed by atoms with E-state index in [1.807, 2.05) is 0 Å². The summed E-state index contributed by atoms with van der Waals surface area (Å²) in [6.45, 7) is 5.22. The molecule has 0 aliphatic carbocycles. The van der Waals surface area contributed by atoms with E-state index in [2.05, 4.69) is 9.72 Å². The summed E-state index contributed by atoms with van der Waals surface area (Å²) in [6.07, 6.45) is -4.98. The average molecular weight is 394 g/mol. The summed E-state index contributed by atoms with van der Waals surface area (Å²) in [5.41, 5.74) is 0.692. The zero-order valence-electron chi connectivity index (χ0n) is 14.0. The average Bonchev–Trinajstić information content (AvgIpc) is 2.83. The summed E-state index contributed by atoms with van der Waals surface area (Å²) in [6, 6.07) is 4.10. The van der Waals surface area contributed by atoms with Gasteiger partial charge >= 0.3 is 6.36 Å². The lowest BCUT2D eigenvalue weighted by Crippen LogP contribution is -2.30. The van der Waals surface area contributed by atoms with Crippen LogP contribution < -0.4 is 4.74 Å². The number of para-hydroxylation sites is 1. The van der Waals surface area contributed by atoms with Gasteiger partial charge in [0.15, 0.2) is 0 Å². The highest BCUT2D eigenvalue weighted by molar-refractivity contribution is 7.89. The number of hydrogen-bond acceptors (Lipinski definition) is 5. The van der Waals surface area contributed by atoms with E-state index in [9.17, 15) is 21.6 Å². The van der Waals surface area contributed by atoms with Gasteiger partial charge in [0.1, 0.15) is 10.6 Å². The Balaban J connectivity index is 2.43. The third-order valence-corrected chi connectivity index (χ3v) is 6.81. The lowest BCUT2D eigenvalue weighted by atomic mass is 10.2. The molecule has 5 nitrogen and oxygen atoms in total. The fraction of sp³-hybridized carbons (Fsp3) is 0.400. The monoisotopic (exact) mass is 394 g/mol. The summed E-state index contributed by atoms with van der Waals surface area (Å²) in [7, 11) is -2.89. The minimum atomic E-state index is -4.98. The number of benzene rings is 1. The molecule has 138 valence electrons. The first-order valence-corrected chi connectivity index (χ1v) is 9.46. The highest BCUT2D eigenvalue weighted by atomic mass is 32.2. The summed E-state index contributed by atoms with van der Waals surface area (Å²) < 4.78 is 68.2. The molecule has 1 unspecified atom stereocenters. The fourth-order valence-corrected chi connectivity index (χ4v) is 4.87. The smallest absolute Gasteiger partial charge is 0.404 e. The number of alkyl halides is 3. The Kier molecular flexibility index (Phi) is 5.45. The van der Waals surface area contributed by atoms with Gasteiger partial charge < -0.3 is 4.74 Å². The van der Waals surface area contributed by atoms with Gasteiger partial charge in [-0.05, 0) is 32.9 Å². The minimum absolute atomic E-state index is 0.541. The topological polar surface area (TPSA) is 59.5 Å². The molecule has 25 heavy (non-hydrogen) atoms. The van der Waals surface area contributed by atoms with E-state index in [4.69, 9.17) is 0 Å². The molecule has 0 amide bonds. The van der Waals surface area contributed by atoms with Crippen molar-refractivity contribution < 1.29 is 26.3 Å². The Hall–Kier alpha value is -1.65. The summed E-state index contributed by atoms with van der Waals surface area (Å²) >= 11 is 1.35. The number of hydrogen-bond donors (Lipinski definition) is 0. The molecule has 0 saturated heterocycles. The van der Waals surface area contributed by atoms with Gasteiger partial charge in [-0.25, -0.2) is 13.4 Å². The fourth-order valence-electron chi connectivity index (χ4n) is 2.34. The number of ether oxygens (including phenoxy) is 1. The molecule has 1 aromatic carbocycles. The Morgan fingerprint density at radius 2 is 1.84 bits per heavy atom. The van der Waals surface area contributed by atoms with Gasteiger partial charge in [-0.1, -0.05) is 12.1 Å². The van der Waals surface area contributed by atoms with E-state index in [1.165, 1.54) is 30.5 Å². The third kappa shape index (κ3) is 4.31. The van der Waals surface area contributed by atoms with Crippen molar-refractivity contribution in [3.63, 3.8) is 0 Å². The van der Waals surface area contributed by atoms with E-state index in [-0.39, 0.29) is 0 Å². The van der Waals surface area contributed by atoms with Crippen LogP contribution in [0.3, 0.4) is 0 Å². The van der Waals surface area contributed by atoms with E-state index >= 15 is 0 Å². The first-order chi connectivity index (χ1) is 11.4. The molecule has 1 atom stereocenters. The second-order valence-electron chi connectivity index (χ2n) is 5.37. The van der Waals surface area contributed by atoms with Gasteiger partial charge in [0.05, 0.1) is 16.7 Å². The van der Waals surface area contributed by atoms with Gasteiger partial charge in [-0.15, -0.1) is 24.5 Å². The summed E-state index contributed by atoms with van der Waals surface area (Å²) in [5.74, 6) is -0.758. The van der Waals surface area contributed by atoms with Gasteiger partial charge in [0, 0.05) is 11.9 Å². The van der Waals surface area contributed by atoms with E-state index < -0.39 is 33.1 Å². The quantitative estimate of drug-likeness (QED) is 0.768. The molecule has 0 N–H and O–H groups in total. The third-order valence-electron chi connectivity index (χ3n) is 3.60. The molecule has 0 aliphatic rings. The van der Waals surface area contributed by atoms with Crippen molar-refractivity contribution in [2.45, 2.75) is 38.1 Å². The van der Waals surface area contributed by atoms with E-state index in [1.54, 1.807) is 20.8 Å². The normalized spacial score (nSPS) is 13.9. The largest absolute Gasteiger partial charge is 0.573 e. The molecule has 0 bridgehead atoms. The van der Waals surface area contributed by atoms with Crippen LogP contribution in [0.25, 0.3) is 0 Å². The molecule has 1 aromatic heterocycles. The number of aryl methyl sites for hydroxylation is 2. The van der Waals surface area contributed by atoms with Gasteiger partial charge in [0.2, 0.25) is 10.0 Å². The zero-order valence-corrected chi connectivity index (χ0v) is 15.6. The molecule has 0 fully saturated rings. The van der Waals surface area contributed by atoms with E-state index in [0.717, 1.165) is 26.3 Å². The highest BCUT2D eigenvalue weighted by Crippen LogP contribution is 2.35. The number of thiazole rings is 1. The Labute approximate surface area is 148 Å². The number of aromatic nitrogens is 1. The van der Waals surface area contributed by atoms with Crippen LogP contribution in [-0.4, -0.2) is 31.1 Å². The van der Waals surface area contributed by atoms with Gasteiger partial charge in [0.25, 0.3) is 0 Å². The standard InChI is InChI=1S/C15H17F3N2O3S2/c1-9-14(24-11(3)19-9)10(2)20(4)25(21,22)13-8-6-5-7-12(13)23-15(16,17)18/h5-8,10H,1-4H3. The van der Waals surface area contributed by atoms with E-state index in [0.29, 0.717) is 5.69 Å². The molecular weight excluding hydrogens is 377 g/mol. The maximum Gasteiger partial charge on any atom is 0.573 e. The number of halogens is 3. The first kappa shape index (κ1) is 19.7. The Bertz CT molecular complexity index is 863. The van der Waals surface area contributed by atoms with Crippen LogP contribution in [0.5, 0.6) is 5.75 Å². The maximum atomic E-state index is 12.8. The second kappa shape index (κ2) is 6.93. The van der Waals surface area contributed by atoms with Crippen molar-refractivity contribution in [3.8, 4) is 5.75 Å². The van der Waals surface area contributed by atoms with Crippen molar-refractivity contribution >= 4 is 21.4 Å². The van der Waals surface area contributed by atoms with Gasteiger partial charge in [-0.2, -0.15) is 4.31 Å². The second-order valence-corrected chi connectivity index (χ2v) is 8.58. The van der Waals surface area contributed by atoms with Gasteiger partial charge in [-0.3, -0.25) is 0 Å². The Morgan fingerprint density at radius 3 is 2.36 bits per heavy atom. The summed E-state index contributed by atoms with van der Waals surface area (Å²) in [5, 5.41) is 0.783. The van der Waals surface area contributed by atoms with Crippen molar-refractivity contribution in [2.24, 2.45) is 0 Å². The lowest BCUT2D eigenvalue weighted by Gasteiger charge is -2.25. The van der Waals surface area contributed by atoms with Crippen LogP contribution in [0.2, 0.25) is 0 Å². The highest BCUT2D eigenvalue weighted by Gasteiger charge is 2.36. The molecular formula is C15H17F3N2O3S2. The molecule has 1 heterocycles. The minimum Gasteiger partial charge on any atom is -0.404 e. The predicted octanol–water partition coefficient (Wildman–Crippen LogP) is 4.04. The van der Waals surface area contributed by atoms with Crippen molar-refractivity contribution in [1.29, 1.82) is 0 Å². The van der Waals surface area contributed by atoms with Crippen LogP contribution in [0.1, 0.15) is 28.5 Å². The van der Waals surface area contributed by atoms with Crippen LogP contribution in [0, 0.1) is 13.8 Å². The number of sulfonamides is 1. The Morgan fingerprint density at radius 1 is 1.24 bits per heavy atom.